The highest BCUT2D eigenvalue weighted by Crippen LogP contribution is 2.34. The van der Waals surface area contributed by atoms with Crippen LogP contribution in [0.25, 0.3) is 11.0 Å². The number of pyridine rings is 1. The zero-order valence-electron chi connectivity index (χ0n) is 18.9. The number of benzene rings is 1. The first-order valence-corrected chi connectivity index (χ1v) is 11.2. The van der Waals surface area contributed by atoms with Crippen molar-refractivity contribution in [3.05, 3.63) is 53.9 Å². The third-order valence-corrected chi connectivity index (χ3v) is 5.77. The summed E-state index contributed by atoms with van der Waals surface area (Å²) in [6.07, 6.45) is 5.52. The molecule has 3 aromatic rings. The molecule has 2 aromatic heterocycles. The minimum Gasteiger partial charge on any atom is -0.464 e. The van der Waals surface area contributed by atoms with E-state index >= 15 is 0 Å². The van der Waals surface area contributed by atoms with E-state index in [9.17, 15) is 9.59 Å². The van der Waals surface area contributed by atoms with Crippen LogP contribution in [0.2, 0.25) is 0 Å². The van der Waals surface area contributed by atoms with Crippen LogP contribution in [0.3, 0.4) is 0 Å². The summed E-state index contributed by atoms with van der Waals surface area (Å²) in [5.74, 6) is -0.411. The van der Waals surface area contributed by atoms with Gasteiger partial charge in [-0.05, 0) is 36.8 Å². The Morgan fingerprint density at radius 2 is 1.97 bits per heavy atom. The summed E-state index contributed by atoms with van der Waals surface area (Å²) in [4.78, 5) is 30.4. The third kappa shape index (κ3) is 4.61. The molecule has 7 heteroatoms. The van der Waals surface area contributed by atoms with Gasteiger partial charge in [0.05, 0.1) is 31.1 Å². The van der Waals surface area contributed by atoms with E-state index in [4.69, 9.17) is 4.74 Å². The lowest BCUT2D eigenvalue weighted by Gasteiger charge is -2.27. The van der Waals surface area contributed by atoms with Crippen LogP contribution in [-0.4, -0.2) is 34.6 Å². The second-order valence-corrected chi connectivity index (χ2v) is 8.80. The average molecular weight is 435 g/mol. The maximum atomic E-state index is 12.9. The zero-order chi connectivity index (χ0) is 22.7. The van der Waals surface area contributed by atoms with Gasteiger partial charge in [0.2, 0.25) is 5.91 Å². The first-order chi connectivity index (χ1) is 15.5. The van der Waals surface area contributed by atoms with E-state index in [2.05, 4.69) is 29.5 Å². The fourth-order valence-electron chi connectivity index (χ4n) is 4.04. The number of aromatic nitrogens is 2. The summed E-state index contributed by atoms with van der Waals surface area (Å²) in [6, 6.07) is 12.0. The van der Waals surface area contributed by atoms with E-state index in [-0.39, 0.29) is 18.2 Å². The lowest BCUT2D eigenvalue weighted by atomic mass is 9.93. The Bertz CT molecular complexity index is 1120. The SMILES string of the molecule is COC(=O)c1c(NC(=O)Cc2ccccc2)c2cc(NC3CCC3)cnc2n1CC(C)C. The second-order valence-electron chi connectivity index (χ2n) is 8.80. The number of hydrogen-bond donors (Lipinski definition) is 2. The monoisotopic (exact) mass is 434 g/mol. The highest BCUT2D eigenvalue weighted by Gasteiger charge is 2.27. The first-order valence-electron chi connectivity index (χ1n) is 11.2. The number of esters is 1. The first kappa shape index (κ1) is 21.9. The number of carbonyl (C=O) groups is 2. The van der Waals surface area contributed by atoms with Crippen LogP contribution in [0.5, 0.6) is 0 Å². The number of hydrogen-bond acceptors (Lipinski definition) is 5. The molecule has 0 aliphatic heterocycles. The minimum atomic E-state index is -0.493. The van der Waals surface area contributed by atoms with E-state index in [0.717, 1.165) is 29.5 Å². The van der Waals surface area contributed by atoms with Gasteiger partial charge in [-0.1, -0.05) is 44.2 Å². The third-order valence-electron chi connectivity index (χ3n) is 5.77. The second kappa shape index (κ2) is 9.42. The van der Waals surface area contributed by atoms with Crippen LogP contribution in [-0.2, 0) is 22.5 Å². The summed E-state index contributed by atoms with van der Waals surface area (Å²) >= 11 is 0. The molecule has 2 heterocycles. The van der Waals surface area contributed by atoms with Crippen molar-refractivity contribution in [2.45, 2.75) is 52.1 Å². The van der Waals surface area contributed by atoms with Crippen LogP contribution in [0.4, 0.5) is 11.4 Å². The van der Waals surface area contributed by atoms with E-state index < -0.39 is 5.97 Å². The number of amides is 1. The lowest BCUT2D eigenvalue weighted by molar-refractivity contribution is -0.115. The number of methoxy groups -OCH3 is 1. The van der Waals surface area contributed by atoms with Gasteiger partial charge < -0.3 is 19.9 Å². The van der Waals surface area contributed by atoms with Gasteiger partial charge in [-0.2, -0.15) is 0 Å². The molecule has 0 radical (unpaired) electrons. The van der Waals surface area contributed by atoms with Crippen molar-refractivity contribution in [3.63, 3.8) is 0 Å². The molecule has 0 saturated heterocycles. The predicted octanol–water partition coefficient (Wildman–Crippen LogP) is 4.62. The lowest BCUT2D eigenvalue weighted by Crippen LogP contribution is -2.26. The Labute approximate surface area is 188 Å². The van der Waals surface area contributed by atoms with Crippen LogP contribution in [0.15, 0.2) is 42.6 Å². The number of rotatable bonds is 8. The van der Waals surface area contributed by atoms with Crippen LogP contribution in [0, 0.1) is 5.92 Å². The van der Waals surface area contributed by atoms with Gasteiger partial charge in [0.1, 0.15) is 5.65 Å². The highest BCUT2D eigenvalue weighted by molar-refractivity contribution is 6.11. The van der Waals surface area contributed by atoms with Gasteiger partial charge >= 0.3 is 5.97 Å². The van der Waals surface area contributed by atoms with Gasteiger partial charge in [-0.3, -0.25) is 4.79 Å². The largest absolute Gasteiger partial charge is 0.464 e. The molecule has 1 aliphatic carbocycles. The smallest absolute Gasteiger partial charge is 0.356 e. The molecule has 4 rings (SSSR count). The average Bonchev–Trinajstić information content (AvgIpc) is 3.02. The molecule has 0 atom stereocenters. The standard InChI is InChI=1S/C25H30N4O3/c1-16(2)15-29-23(25(31)32-3)22(28-21(30)12-17-8-5-4-6-9-17)20-13-19(14-26-24(20)29)27-18-10-7-11-18/h4-6,8-9,13-14,16,18,27H,7,10-12,15H2,1-3H3,(H,28,30). The summed E-state index contributed by atoms with van der Waals surface area (Å²) < 4.78 is 6.95. The van der Waals surface area contributed by atoms with Gasteiger partial charge in [0.25, 0.3) is 0 Å². The highest BCUT2D eigenvalue weighted by atomic mass is 16.5. The van der Waals surface area contributed by atoms with Crippen molar-refractivity contribution in [3.8, 4) is 0 Å². The molecular formula is C25H30N4O3. The van der Waals surface area contributed by atoms with E-state index in [1.54, 1.807) is 6.20 Å². The molecule has 1 fully saturated rings. The molecule has 1 saturated carbocycles. The van der Waals surface area contributed by atoms with Gasteiger partial charge in [-0.25, -0.2) is 9.78 Å². The molecular weight excluding hydrogens is 404 g/mol. The summed E-state index contributed by atoms with van der Waals surface area (Å²) in [7, 11) is 1.35. The van der Waals surface area contributed by atoms with Gasteiger partial charge in [0.15, 0.2) is 5.69 Å². The summed E-state index contributed by atoms with van der Waals surface area (Å²) in [5, 5.41) is 7.23. The fraction of sp³-hybridized carbons (Fsp3) is 0.400. The number of anilines is 2. The van der Waals surface area contributed by atoms with Crippen LogP contribution >= 0.6 is 0 Å². The van der Waals surface area contributed by atoms with Crippen LogP contribution < -0.4 is 10.6 Å². The molecule has 7 nitrogen and oxygen atoms in total. The van der Waals surface area contributed by atoms with Crippen molar-refractivity contribution in [2.24, 2.45) is 5.92 Å². The fourth-order valence-corrected chi connectivity index (χ4v) is 4.04. The van der Waals surface area contributed by atoms with E-state index in [1.807, 2.05) is 41.0 Å². The maximum Gasteiger partial charge on any atom is 0.356 e. The Kier molecular flexibility index (Phi) is 6.44. The number of carbonyl (C=O) groups excluding carboxylic acids is 2. The topological polar surface area (TPSA) is 85.2 Å². The summed E-state index contributed by atoms with van der Waals surface area (Å²) in [6.45, 7) is 4.73. The Morgan fingerprint density at radius 1 is 1.22 bits per heavy atom. The number of nitrogens with one attached hydrogen (secondary N) is 2. The van der Waals surface area contributed by atoms with E-state index in [0.29, 0.717) is 29.6 Å². The normalized spacial score (nSPS) is 13.8. The van der Waals surface area contributed by atoms with Gasteiger partial charge in [-0.15, -0.1) is 0 Å². The molecule has 1 aromatic carbocycles. The zero-order valence-corrected chi connectivity index (χ0v) is 18.9. The molecule has 0 bridgehead atoms. The van der Waals surface area contributed by atoms with Crippen molar-refractivity contribution in [2.75, 3.05) is 17.7 Å². The summed E-state index contributed by atoms with van der Waals surface area (Å²) in [5.41, 5.74) is 3.23. The number of ether oxygens (including phenoxy) is 1. The Balaban J connectivity index is 1.77. The van der Waals surface area contributed by atoms with Crippen molar-refractivity contribution < 1.29 is 14.3 Å². The number of nitrogens with zero attached hydrogens (tertiary/aromatic N) is 2. The molecule has 168 valence electrons. The van der Waals surface area contributed by atoms with Crippen molar-refractivity contribution >= 4 is 34.3 Å². The van der Waals surface area contributed by atoms with Crippen LogP contribution in [0.1, 0.15) is 49.2 Å². The molecule has 1 amide bonds. The molecule has 0 unspecified atom stereocenters. The molecule has 2 N–H and O–H groups in total. The van der Waals surface area contributed by atoms with E-state index in [1.165, 1.54) is 13.5 Å². The minimum absolute atomic E-state index is 0.192. The maximum absolute atomic E-state index is 12.9. The molecule has 32 heavy (non-hydrogen) atoms. The Morgan fingerprint density at radius 3 is 2.59 bits per heavy atom. The van der Waals surface area contributed by atoms with Crippen molar-refractivity contribution in [1.82, 2.24) is 9.55 Å². The Hall–Kier alpha value is -3.35. The molecule has 0 spiro atoms. The quantitative estimate of drug-likeness (QED) is 0.505. The number of fused-ring (bicyclic) bond motifs is 1. The van der Waals surface area contributed by atoms with Gasteiger partial charge in [0, 0.05) is 18.0 Å². The van der Waals surface area contributed by atoms with Crippen molar-refractivity contribution in [1.29, 1.82) is 0 Å². The predicted molar refractivity (Wildman–Crippen MR) is 126 cm³/mol. The molecule has 1 aliphatic rings.